The van der Waals surface area contributed by atoms with Crippen LogP contribution >= 0.6 is 22.9 Å². The van der Waals surface area contributed by atoms with E-state index >= 15 is 0 Å². The minimum atomic E-state index is -4.46. The van der Waals surface area contributed by atoms with E-state index in [-0.39, 0.29) is 11.6 Å². The van der Waals surface area contributed by atoms with Gasteiger partial charge in [0.1, 0.15) is 11.4 Å². The van der Waals surface area contributed by atoms with Gasteiger partial charge in [-0.25, -0.2) is 0 Å². The number of nitrogens with zero attached hydrogens (tertiary/aromatic N) is 3. The molecule has 0 aromatic carbocycles. The van der Waals surface area contributed by atoms with E-state index in [1.165, 1.54) is 7.05 Å². The van der Waals surface area contributed by atoms with Gasteiger partial charge in [0.05, 0.1) is 9.75 Å². The number of halogens is 4. The summed E-state index contributed by atoms with van der Waals surface area (Å²) >= 11 is 6.94. The summed E-state index contributed by atoms with van der Waals surface area (Å²) in [6.07, 6.45) is -2.22. The van der Waals surface area contributed by atoms with Gasteiger partial charge in [0.2, 0.25) is 0 Å². The van der Waals surface area contributed by atoms with Gasteiger partial charge < -0.3 is 4.90 Å². The number of hydrogen-bond acceptors (Lipinski definition) is 3. The van der Waals surface area contributed by atoms with E-state index < -0.39 is 11.9 Å². The molecule has 0 spiro atoms. The van der Waals surface area contributed by atoms with Gasteiger partial charge in [-0.1, -0.05) is 0 Å². The molecule has 0 aliphatic heterocycles. The number of carbonyl (C=O) groups is 1. The van der Waals surface area contributed by atoms with E-state index in [0.29, 0.717) is 34.6 Å². The largest absolute Gasteiger partial charge is 0.433 e. The van der Waals surface area contributed by atoms with Crippen LogP contribution in [0.5, 0.6) is 0 Å². The first-order chi connectivity index (χ1) is 11.8. The topological polar surface area (TPSA) is 38.1 Å². The molecule has 0 unspecified atom stereocenters. The molecule has 0 radical (unpaired) electrons. The van der Waals surface area contributed by atoms with Gasteiger partial charge in [-0.05, 0) is 37.0 Å². The first-order valence-corrected chi connectivity index (χ1v) is 9.21. The SMILES string of the molecule is Cn1nc(-c2ccc(C(=O)N(CCCl)CC3CC3)s2)cc1C(F)(F)F. The minimum absolute atomic E-state index is 0.129. The molecule has 1 aliphatic rings. The van der Waals surface area contributed by atoms with Crippen LogP contribution in [-0.2, 0) is 13.2 Å². The molecule has 4 nitrogen and oxygen atoms in total. The lowest BCUT2D eigenvalue weighted by atomic mass is 10.3. The van der Waals surface area contributed by atoms with Crippen LogP contribution in [0.2, 0.25) is 0 Å². The molecule has 2 aromatic heterocycles. The van der Waals surface area contributed by atoms with Crippen molar-refractivity contribution in [1.29, 1.82) is 0 Å². The van der Waals surface area contributed by atoms with E-state index in [9.17, 15) is 18.0 Å². The number of carbonyl (C=O) groups excluding carboxylic acids is 1. The van der Waals surface area contributed by atoms with Crippen molar-refractivity contribution >= 4 is 28.8 Å². The maximum Gasteiger partial charge on any atom is 0.433 e. The smallest absolute Gasteiger partial charge is 0.336 e. The van der Waals surface area contributed by atoms with Crippen LogP contribution in [0.25, 0.3) is 10.6 Å². The number of amides is 1. The highest BCUT2D eigenvalue weighted by molar-refractivity contribution is 7.17. The molecule has 0 saturated heterocycles. The number of thiophene rings is 1. The Kier molecular flexibility index (Phi) is 5.11. The van der Waals surface area contributed by atoms with Crippen LogP contribution in [-0.4, -0.2) is 39.6 Å². The molecular weight excluding hydrogens is 375 g/mol. The Morgan fingerprint density at radius 1 is 1.44 bits per heavy atom. The minimum Gasteiger partial charge on any atom is -0.336 e. The summed E-state index contributed by atoms with van der Waals surface area (Å²) in [5.74, 6) is 0.763. The van der Waals surface area contributed by atoms with E-state index in [1.54, 1.807) is 17.0 Å². The molecule has 1 amide bonds. The highest BCUT2D eigenvalue weighted by Gasteiger charge is 2.35. The maximum atomic E-state index is 12.9. The summed E-state index contributed by atoms with van der Waals surface area (Å²) in [6, 6.07) is 4.27. The fourth-order valence-electron chi connectivity index (χ4n) is 2.59. The highest BCUT2D eigenvalue weighted by Crippen LogP contribution is 2.35. The van der Waals surface area contributed by atoms with E-state index in [1.807, 2.05) is 0 Å². The van der Waals surface area contributed by atoms with Crippen LogP contribution in [0.15, 0.2) is 18.2 Å². The second kappa shape index (κ2) is 6.99. The molecule has 1 aliphatic carbocycles. The lowest BCUT2D eigenvalue weighted by Gasteiger charge is -2.20. The highest BCUT2D eigenvalue weighted by atomic mass is 35.5. The normalized spacial score (nSPS) is 14.8. The number of hydrogen-bond donors (Lipinski definition) is 0. The van der Waals surface area contributed by atoms with Gasteiger partial charge >= 0.3 is 6.18 Å². The Morgan fingerprint density at radius 2 is 2.16 bits per heavy atom. The van der Waals surface area contributed by atoms with E-state index in [4.69, 9.17) is 11.6 Å². The van der Waals surface area contributed by atoms with Crippen molar-refractivity contribution in [3.05, 3.63) is 28.8 Å². The first-order valence-electron chi connectivity index (χ1n) is 7.86. The third kappa shape index (κ3) is 4.17. The zero-order valence-corrected chi connectivity index (χ0v) is 15.1. The number of alkyl halides is 4. The van der Waals surface area contributed by atoms with Crippen molar-refractivity contribution in [1.82, 2.24) is 14.7 Å². The van der Waals surface area contributed by atoms with Crippen LogP contribution in [0, 0.1) is 5.92 Å². The molecule has 1 fully saturated rings. The average Bonchev–Trinajstić information content (AvgIpc) is 3.06. The molecule has 9 heteroatoms. The van der Waals surface area contributed by atoms with Crippen LogP contribution < -0.4 is 0 Å². The number of aromatic nitrogens is 2. The zero-order valence-electron chi connectivity index (χ0n) is 13.5. The second-order valence-corrected chi connectivity index (χ2v) is 7.55. The van der Waals surface area contributed by atoms with Crippen LogP contribution in [0.1, 0.15) is 28.2 Å². The Balaban J connectivity index is 1.80. The molecular formula is C16H17ClF3N3OS. The summed E-state index contributed by atoms with van der Waals surface area (Å²) in [6.45, 7) is 1.15. The third-order valence-electron chi connectivity index (χ3n) is 4.06. The summed E-state index contributed by atoms with van der Waals surface area (Å²) in [5.41, 5.74) is -0.605. The molecule has 0 bridgehead atoms. The number of aryl methyl sites for hydroxylation is 1. The van der Waals surface area contributed by atoms with Crippen LogP contribution in [0.4, 0.5) is 13.2 Å². The van der Waals surface area contributed by atoms with Crippen molar-refractivity contribution in [2.75, 3.05) is 19.0 Å². The second-order valence-electron chi connectivity index (χ2n) is 6.08. The van der Waals surface area contributed by atoms with E-state index in [2.05, 4.69) is 5.10 Å². The fraction of sp³-hybridized carbons (Fsp3) is 0.500. The summed E-state index contributed by atoms with van der Waals surface area (Å²) in [4.78, 5) is 15.4. The first kappa shape index (κ1) is 18.3. The van der Waals surface area contributed by atoms with Gasteiger partial charge in [0, 0.05) is 26.0 Å². The van der Waals surface area contributed by atoms with Gasteiger partial charge in [0.15, 0.2) is 0 Å². The lowest BCUT2D eigenvalue weighted by molar-refractivity contribution is -0.143. The Hall–Kier alpha value is -1.54. The third-order valence-corrected chi connectivity index (χ3v) is 5.32. The molecule has 0 N–H and O–H groups in total. The molecule has 1 saturated carbocycles. The predicted octanol–water partition coefficient (Wildman–Crippen LogP) is 4.26. The summed E-state index contributed by atoms with van der Waals surface area (Å²) < 4.78 is 39.5. The zero-order chi connectivity index (χ0) is 18.2. The monoisotopic (exact) mass is 391 g/mol. The molecule has 2 heterocycles. The van der Waals surface area contributed by atoms with Crippen molar-refractivity contribution in [2.45, 2.75) is 19.0 Å². The van der Waals surface area contributed by atoms with Gasteiger partial charge in [0.25, 0.3) is 5.91 Å². The molecule has 136 valence electrons. The molecule has 0 atom stereocenters. The quantitative estimate of drug-likeness (QED) is 0.690. The van der Waals surface area contributed by atoms with Gasteiger partial charge in [-0.2, -0.15) is 18.3 Å². The van der Waals surface area contributed by atoms with Crippen molar-refractivity contribution in [3.8, 4) is 10.6 Å². The number of rotatable bonds is 6. The molecule has 2 aromatic rings. The predicted molar refractivity (Wildman–Crippen MR) is 90.9 cm³/mol. The van der Waals surface area contributed by atoms with E-state index in [0.717, 1.165) is 34.9 Å². The Bertz CT molecular complexity index is 767. The Labute approximate surface area is 152 Å². The van der Waals surface area contributed by atoms with Gasteiger partial charge in [-0.3, -0.25) is 9.48 Å². The van der Waals surface area contributed by atoms with Crippen molar-refractivity contribution in [2.24, 2.45) is 13.0 Å². The van der Waals surface area contributed by atoms with Gasteiger partial charge in [-0.15, -0.1) is 22.9 Å². The van der Waals surface area contributed by atoms with Crippen molar-refractivity contribution in [3.63, 3.8) is 0 Å². The van der Waals surface area contributed by atoms with Crippen molar-refractivity contribution < 1.29 is 18.0 Å². The molecule has 25 heavy (non-hydrogen) atoms. The molecule has 3 rings (SSSR count). The summed E-state index contributed by atoms with van der Waals surface area (Å²) in [5, 5.41) is 3.92. The fourth-order valence-corrected chi connectivity index (χ4v) is 3.72. The maximum absolute atomic E-state index is 12.9. The standard InChI is InChI=1S/C16H17ClF3N3OS/c1-22-14(16(18,19)20)8-11(21-22)12-4-5-13(25-12)15(24)23(7-6-17)9-10-2-3-10/h4-5,8,10H,2-3,6-7,9H2,1H3. The average molecular weight is 392 g/mol. The lowest BCUT2D eigenvalue weighted by Crippen LogP contribution is -2.34. The van der Waals surface area contributed by atoms with Crippen LogP contribution in [0.3, 0.4) is 0 Å². The Morgan fingerprint density at radius 3 is 2.72 bits per heavy atom. The summed E-state index contributed by atoms with van der Waals surface area (Å²) in [7, 11) is 1.25.